The highest BCUT2D eigenvalue weighted by molar-refractivity contribution is 5.35. The number of rotatable bonds is 3. The van der Waals surface area contributed by atoms with E-state index in [0.717, 1.165) is 30.4 Å². The molecule has 0 fully saturated rings. The third-order valence-electron chi connectivity index (χ3n) is 5.02. The Hall–Kier alpha value is -1.64. The number of aliphatic hydroxyl groups is 1. The molecule has 3 rings (SSSR count). The molecule has 1 aliphatic carbocycles. The second-order valence-electron chi connectivity index (χ2n) is 6.27. The van der Waals surface area contributed by atoms with E-state index in [2.05, 4.69) is 37.3 Å². The van der Waals surface area contributed by atoms with Gasteiger partial charge < -0.3 is 10.8 Å². The number of aliphatic hydroxyl groups excluding tert-OH is 1. The van der Waals surface area contributed by atoms with Crippen molar-refractivity contribution in [3.63, 3.8) is 0 Å². The normalized spacial score (nSPS) is 22.6. The fourth-order valence-electron chi connectivity index (χ4n) is 3.57. The van der Waals surface area contributed by atoms with E-state index >= 15 is 0 Å². The monoisotopic (exact) mass is 281 g/mol. The molecule has 2 atom stereocenters. The van der Waals surface area contributed by atoms with Crippen LogP contribution in [0, 0.1) is 12.3 Å². The molecule has 1 aliphatic rings. The molecule has 2 aromatic rings. The van der Waals surface area contributed by atoms with Crippen LogP contribution in [0.15, 0.2) is 48.5 Å². The van der Waals surface area contributed by atoms with Crippen molar-refractivity contribution >= 4 is 0 Å². The van der Waals surface area contributed by atoms with E-state index in [4.69, 9.17) is 5.73 Å². The Morgan fingerprint density at radius 1 is 1.10 bits per heavy atom. The largest absolute Gasteiger partial charge is 0.388 e. The predicted molar refractivity (Wildman–Crippen MR) is 86.1 cm³/mol. The fourth-order valence-corrected chi connectivity index (χ4v) is 3.57. The second kappa shape index (κ2) is 5.63. The second-order valence-corrected chi connectivity index (χ2v) is 6.27. The summed E-state index contributed by atoms with van der Waals surface area (Å²) in [5, 5.41) is 11.0. The number of hydrogen-bond donors (Lipinski definition) is 2. The van der Waals surface area contributed by atoms with Crippen molar-refractivity contribution in [2.24, 2.45) is 11.1 Å². The molecule has 3 N–H and O–H groups in total. The summed E-state index contributed by atoms with van der Waals surface area (Å²) in [5.41, 5.74) is 10.8. The van der Waals surface area contributed by atoms with Crippen LogP contribution in [0.4, 0.5) is 0 Å². The lowest BCUT2D eigenvalue weighted by atomic mass is 9.66. The van der Waals surface area contributed by atoms with Crippen LogP contribution in [0.25, 0.3) is 0 Å². The van der Waals surface area contributed by atoms with Gasteiger partial charge in [-0.15, -0.1) is 0 Å². The van der Waals surface area contributed by atoms with E-state index in [-0.39, 0.29) is 5.41 Å². The minimum absolute atomic E-state index is 0.250. The zero-order chi connectivity index (χ0) is 14.9. The quantitative estimate of drug-likeness (QED) is 0.907. The number of benzene rings is 2. The van der Waals surface area contributed by atoms with Gasteiger partial charge in [0.15, 0.2) is 0 Å². The van der Waals surface area contributed by atoms with Crippen molar-refractivity contribution in [2.45, 2.75) is 32.3 Å². The van der Waals surface area contributed by atoms with E-state index in [9.17, 15) is 5.11 Å². The summed E-state index contributed by atoms with van der Waals surface area (Å²) < 4.78 is 0. The van der Waals surface area contributed by atoms with Crippen LogP contribution in [-0.2, 0) is 12.8 Å². The molecule has 0 aliphatic heterocycles. The lowest BCUT2D eigenvalue weighted by Crippen LogP contribution is -2.41. The van der Waals surface area contributed by atoms with Crippen molar-refractivity contribution in [1.82, 2.24) is 0 Å². The Kier molecular flexibility index (Phi) is 3.83. The molecular weight excluding hydrogens is 258 g/mol. The molecule has 21 heavy (non-hydrogen) atoms. The molecular formula is C19H23NO. The van der Waals surface area contributed by atoms with Crippen molar-refractivity contribution in [2.75, 3.05) is 6.54 Å². The van der Waals surface area contributed by atoms with E-state index in [1.165, 1.54) is 11.1 Å². The Labute approximate surface area is 126 Å². The molecule has 0 bridgehead atoms. The zero-order valence-corrected chi connectivity index (χ0v) is 12.5. The van der Waals surface area contributed by atoms with E-state index in [1.54, 1.807) is 0 Å². The van der Waals surface area contributed by atoms with Crippen LogP contribution in [-0.4, -0.2) is 11.7 Å². The molecule has 2 aromatic carbocycles. The van der Waals surface area contributed by atoms with Crippen LogP contribution in [0.2, 0.25) is 0 Å². The molecule has 2 heteroatoms. The van der Waals surface area contributed by atoms with Crippen LogP contribution in [0.3, 0.4) is 0 Å². The standard InChI is InChI=1S/C19H23NO/c1-14-6-2-5-9-17(14)18(21)19(13-20)11-10-15-7-3-4-8-16(15)12-19/h2-9,18,21H,10-13,20H2,1H3. The Balaban J connectivity index is 1.97. The molecule has 0 aromatic heterocycles. The van der Waals surface area contributed by atoms with E-state index < -0.39 is 6.10 Å². The molecule has 0 amide bonds. The number of fused-ring (bicyclic) bond motifs is 1. The first-order valence-corrected chi connectivity index (χ1v) is 7.67. The van der Waals surface area contributed by atoms with E-state index in [1.807, 2.05) is 18.2 Å². The van der Waals surface area contributed by atoms with Gasteiger partial charge in [-0.1, -0.05) is 48.5 Å². The summed E-state index contributed by atoms with van der Waals surface area (Å²) in [6.07, 6.45) is 2.29. The average molecular weight is 281 g/mol. The topological polar surface area (TPSA) is 46.2 Å². The number of hydrogen-bond acceptors (Lipinski definition) is 2. The molecule has 2 unspecified atom stereocenters. The summed E-state index contributed by atoms with van der Waals surface area (Å²) >= 11 is 0. The van der Waals surface area contributed by atoms with Gasteiger partial charge in [0, 0.05) is 12.0 Å². The first kappa shape index (κ1) is 14.3. The molecule has 0 spiro atoms. The maximum absolute atomic E-state index is 11.0. The minimum Gasteiger partial charge on any atom is -0.388 e. The van der Waals surface area contributed by atoms with Crippen LogP contribution < -0.4 is 5.73 Å². The lowest BCUT2D eigenvalue weighted by Gasteiger charge is -2.41. The fraction of sp³-hybridized carbons (Fsp3) is 0.368. The molecule has 0 saturated heterocycles. The van der Waals surface area contributed by atoms with Gasteiger partial charge in [0.2, 0.25) is 0 Å². The Morgan fingerprint density at radius 3 is 2.48 bits per heavy atom. The van der Waals surface area contributed by atoms with Crippen LogP contribution >= 0.6 is 0 Å². The highest BCUT2D eigenvalue weighted by Crippen LogP contribution is 2.44. The molecule has 0 saturated carbocycles. The molecule has 0 heterocycles. The highest BCUT2D eigenvalue weighted by Gasteiger charge is 2.40. The summed E-state index contributed by atoms with van der Waals surface area (Å²) in [6.45, 7) is 2.57. The van der Waals surface area contributed by atoms with Gasteiger partial charge in [-0.2, -0.15) is 0 Å². The maximum Gasteiger partial charge on any atom is 0.0864 e. The summed E-state index contributed by atoms with van der Waals surface area (Å²) in [5.74, 6) is 0. The molecule has 0 radical (unpaired) electrons. The maximum atomic E-state index is 11.0. The summed E-state index contributed by atoms with van der Waals surface area (Å²) in [4.78, 5) is 0. The smallest absolute Gasteiger partial charge is 0.0864 e. The number of aryl methyl sites for hydroxylation is 2. The average Bonchev–Trinajstić information content (AvgIpc) is 2.54. The van der Waals surface area contributed by atoms with Gasteiger partial charge in [-0.3, -0.25) is 0 Å². The van der Waals surface area contributed by atoms with Gasteiger partial charge in [-0.05, 0) is 48.4 Å². The van der Waals surface area contributed by atoms with Crippen LogP contribution in [0.5, 0.6) is 0 Å². The third kappa shape index (κ3) is 2.50. The van der Waals surface area contributed by atoms with Crippen molar-refractivity contribution < 1.29 is 5.11 Å². The first-order chi connectivity index (χ1) is 10.2. The summed E-state index contributed by atoms with van der Waals surface area (Å²) in [6, 6.07) is 16.6. The van der Waals surface area contributed by atoms with Gasteiger partial charge in [0.25, 0.3) is 0 Å². The summed E-state index contributed by atoms with van der Waals surface area (Å²) in [7, 11) is 0. The van der Waals surface area contributed by atoms with Gasteiger partial charge in [0.1, 0.15) is 0 Å². The van der Waals surface area contributed by atoms with Gasteiger partial charge in [-0.25, -0.2) is 0 Å². The SMILES string of the molecule is Cc1ccccc1C(O)C1(CN)CCc2ccccc2C1. The van der Waals surface area contributed by atoms with Crippen molar-refractivity contribution in [1.29, 1.82) is 0 Å². The lowest BCUT2D eigenvalue weighted by molar-refractivity contribution is 0.0173. The Bertz CT molecular complexity index is 637. The van der Waals surface area contributed by atoms with Crippen molar-refractivity contribution in [3.8, 4) is 0 Å². The van der Waals surface area contributed by atoms with Gasteiger partial charge in [0.05, 0.1) is 6.10 Å². The molecule has 110 valence electrons. The highest BCUT2D eigenvalue weighted by atomic mass is 16.3. The zero-order valence-electron chi connectivity index (χ0n) is 12.5. The predicted octanol–water partition coefficient (Wildman–Crippen LogP) is 3.16. The first-order valence-electron chi connectivity index (χ1n) is 7.67. The number of nitrogens with two attached hydrogens (primary N) is 1. The minimum atomic E-state index is -0.503. The Morgan fingerprint density at radius 2 is 1.76 bits per heavy atom. The third-order valence-corrected chi connectivity index (χ3v) is 5.02. The van der Waals surface area contributed by atoms with Crippen molar-refractivity contribution in [3.05, 3.63) is 70.8 Å². The molecule has 2 nitrogen and oxygen atoms in total. The van der Waals surface area contributed by atoms with Crippen LogP contribution in [0.1, 0.15) is 34.8 Å². The van der Waals surface area contributed by atoms with Gasteiger partial charge >= 0.3 is 0 Å². The van der Waals surface area contributed by atoms with E-state index in [0.29, 0.717) is 6.54 Å².